The maximum atomic E-state index is 5.85. The zero-order valence-corrected chi connectivity index (χ0v) is 19.6. The Bertz CT molecular complexity index is 842. The first-order chi connectivity index (χ1) is 14.5. The first-order valence-electron chi connectivity index (χ1n) is 11.2. The number of rotatable bonds is 7. The molecule has 2 aliphatic heterocycles. The standard InChI is InChI=1S/C22H35N5O2S/c1-15-12-27(13-16(2)29-15)7-5-6-23-21-20-17(3)18(4)30-22(20)25-19(24-21)14-26-8-10-28-11-9-26/h15-16H,5-14H2,1-4H3,(H,23,24,25). The molecule has 1 N–H and O–H groups in total. The summed E-state index contributed by atoms with van der Waals surface area (Å²) in [5, 5.41) is 4.83. The molecule has 7 nitrogen and oxygen atoms in total. The van der Waals surface area contributed by atoms with E-state index in [1.807, 2.05) is 0 Å². The smallest absolute Gasteiger partial charge is 0.146 e. The van der Waals surface area contributed by atoms with Crippen molar-refractivity contribution >= 4 is 27.4 Å². The van der Waals surface area contributed by atoms with Crippen LogP contribution in [-0.2, 0) is 16.0 Å². The Morgan fingerprint density at radius 1 is 1.07 bits per heavy atom. The summed E-state index contributed by atoms with van der Waals surface area (Å²) < 4.78 is 11.3. The lowest BCUT2D eigenvalue weighted by atomic mass is 10.2. The van der Waals surface area contributed by atoms with Crippen molar-refractivity contribution in [3.8, 4) is 0 Å². The third-order valence-electron chi connectivity index (χ3n) is 5.98. The van der Waals surface area contributed by atoms with Crippen LogP contribution in [0.25, 0.3) is 10.2 Å². The van der Waals surface area contributed by atoms with E-state index in [4.69, 9.17) is 19.4 Å². The van der Waals surface area contributed by atoms with Crippen LogP contribution in [0.4, 0.5) is 5.82 Å². The van der Waals surface area contributed by atoms with Crippen molar-refractivity contribution in [2.75, 3.05) is 57.8 Å². The topological polar surface area (TPSA) is 62.8 Å². The van der Waals surface area contributed by atoms with Gasteiger partial charge in [-0.15, -0.1) is 11.3 Å². The Morgan fingerprint density at radius 3 is 2.53 bits per heavy atom. The molecule has 30 heavy (non-hydrogen) atoms. The summed E-state index contributed by atoms with van der Waals surface area (Å²) in [6.45, 7) is 17.0. The molecule has 2 aromatic rings. The van der Waals surface area contributed by atoms with Gasteiger partial charge in [-0.1, -0.05) is 0 Å². The third-order valence-corrected chi connectivity index (χ3v) is 7.08. The number of ether oxygens (including phenoxy) is 2. The van der Waals surface area contributed by atoms with Crippen molar-refractivity contribution in [1.29, 1.82) is 0 Å². The van der Waals surface area contributed by atoms with Crippen molar-refractivity contribution in [2.45, 2.75) is 52.9 Å². The molecule has 166 valence electrons. The van der Waals surface area contributed by atoms with Gasteiger partial charge in [-0.2, -0.15) is 0 Å². The number of hydrogen-bond acceptors (Lipinski definition) is 8. The van der Waals surface area contributed by atoms with Crippen LogP contribution in [0.2, 0.25) is 0 Å². The number of aryl methyl sites for hydroxylation is 2. The minimum atomic E-state index is 0.322. The van der Waals surface area contributed by atoms with E-state index in [9.17, 15) is 0 Å². The summed E-state index contributed by atoms with van der Waals surface area (Å²) in [6, 6.07) is 0. The summed E-state index contributed by atoms with van der Waals surface area (Å²) in [4.78, 5) is 17.2. The fraction of sp³-hybridized carbons (Fsp3) is 0.727. The zero-order chi connectivity index (χ0) is 21.1. The minimum absolute atomic E-state index is 0.322. The van der Waals surface area contributed by atoms with Gasteiger partial charge in [0.1, 0.15) is 16.5 Å². The van der Waals surface area contributed by atoms with Crippen LogP contribution in [-0.4, -0.2) is 84.5 Å². The number of fused-ring (bicyclic) bond motifs is 1. The van der Waals surface area contributed by atoms with Crippen molar-refractivity contribution < 1.29 is 9.47 Å². The predicted molar refractivity (Wildman–Crippen MR) is 123 cm³/mol. The molecule has 2 fully saturated rings. The molecule has 4 heterocycles. The van der Waals surface area contributed by atoms with E-state index in [1.54, 1.807) is 11.3 Å². The molecule has 0 aromatic carbocycles. The highest BCUT2D eigenvalue weighted by Crippen LogP contribution is 2.33. The molecule has 0 amide bonds. The van der Waals surface area contributed by atoms with E-state index in [0.717, 1.165) is 81.9 Å². The van der Waals surface area contributed by atoms with Gasteiger partial charge in [-0.3, -0.25) is 9.80 Å². The monoisotopic (exact) mass is 433 g/mol. The third kappa shape index (κ3) is 5.29. The van der Waals surface area contributed by atoms with Crippen LogP contribution >= 0.6 is 11.3 Å². The average molecular weight is 434 g/mol. The molecule has 2 aliphatic rings. The lowest BCUT2D eigenvalue weighted by Crippen LogP contribution is -2.45. The summed E-state index contributed by atoms with van der Waals surface area (Å²) >= 11 is 1.78. The van der Waals surface area contributed by atoms with E-state index in [1.165, 1.54) is 15.8 Å². The highest BCUT2D eigenvalue weighted by atomic mass is 32.1. The number of anilines is 1. The van der Waals surface area contributed by atoms with Crippen molar-refractivity contribution in [1.82, 2.24) is 19.8 Å². The fourth-order valence-corrected chi connectivity index (χ4v) is 5.48. The molecular formula is C22H35N5O2S. The van der Waals surface area contributed by atoms with Gasteiger partial charge in [0.15, 0.2) is 0 Å². The van der Waals surface area contributed by atoms with Crippen LogP contribution in [0.5, 0.6) is 0 Å². The van der Waals surface area contributed by atoms with Gasteiger partial charge < -0.3 is 14.8 Å². The number of thiophene rings is 1. The SMILES string of the molecule is Cc1sc2nc(CN3CCOCC3)nc(NCCCN3CC(C)OC(C)C3)c2c1C. The Balaban J connectivity index is 1.42. The van der Waals surface area contributed by atoms with Gasteiger partial charge >= 0.3 is 0 Å². The molecule has 0 saturated carbocycles. The van der Waals surface area contributed by atoms with Gasteiger partial charge in [0.05, 0.1) is 37.4 Å². The van der Waals surface area contributed by atoms with Crippen LogP contribution in [0, 0.1) is 13.8 Å². The average Bonchev–Trinajstić information content (AvgIpc) is 2.99. The molecule has 0 spiro atoms. The summed E-state index contributed by atoms with van der Waals surface area (Å²) in [7, 11) is 0. The lowest BCUT2D eigenvalue weighted by molar-refractivity contribution is -0.0678. The second-order valence-electron chi connectivity index (χ2n) is 8.64. The maximum Gasteiger partial charge on any atom is 0.146 e. The molecule has 0 bridgehead atoms. The highest BCUT2D eigenvalue weighted by molar-refractivity contribution is 7.18. The first-order valence-corrected chi connectivity index (χ1v) is 12.0. The highest BCUT2D eigenvalue weighted by Gasteiger charge is 2.22. The quantitative estimate of drug-likeness (QED) is 0.674. The Morgan fingerprint density at radius 2 is 1.80 bits per heavy atom. The van der Waals surface area contributed by atoms with E-state index in [-0.39, 0.29) is 0 Å². The summed E-state index contributed by atoms with van der Waals surface area (Å²) in [6.07, 6.45) is 1.73. The van der Waals surface area contributed by atoms with Crippen LogP contribution in [0.15, 0.2) is 0 Å². The fourth-order valence-electron chi connectivity index (χ4n) is 4.43. The first kappa shape index (κ1) is 21.9. The van der Waals surface area contributed by atoms with Gasteiger partial charge in [0.2, 0.25) is 0 Å². The second-order valence-corrected chi connectivity index (χ2v) is 9.84. The van der Waals surface area contributed by atoms with E-state index in [2.05, 4.69) is 42.8 Å². The Labute approximate surface area is 183 Å². The number of aromatic nitrogens is 2. The molecule has 0 radical (unpaired) electrons. The summed E-state index contributed by atoms with van der Waals surface area (Å²) in [5.74, 6) is 1.90. The molecular weight excluding hydrogens is 398 g/mol. The molecule has 2 unspecified atom stereocenters. The maximum absolute atomic E-state index is 5.85. The zero-order valence-electron chi connectivity index (χ0n) is 18.7. The number of nitrogens with zero attached hydrogens (tertiary/aromatic N) is 4. The van der Waals surface area contributed by atoms with Gasteiger partial charge in [0.25, 0.3) is 0 Å². The predicted octanol–water partition coefficient (Wildman–Crippen LogP) is 3.05. The van der Waals surface area contributed by atoms with E-state index >= 15 is 0 Å². The van der Waals surface area contributed by atoms with Crippen LogP contribution in [0.3, 0.4) is 0 Å². The van der Waals surface area contributed by atoms with Crippen molar-refractivity contribution in [3.05, 3.63) is 16.3 Å². The summed E-state index contributed by atoms with van der Waals surface area (Å²) in [5.41, 5.74) is 1.30. The second kappa shape index (κ2) is 9.87. The van der Waals surface area contributed by atoms with Gasteiger partial charge in [0, 0.05) is 44.1 Å². The Kier molecular flexibility index (Phi) is 7.20. The molecule has 2 aromatic heterocycles. The molecule has 2 saturated heterocycles. The normalized spacial score (nSPS) is 23.9. The lowest BCUT2D eigenvalue weighted by Gasteiger charge is -2.35. The van der Waals surface area contributed by atoms with Gasteiger partial charge in [-0.05, 0) is 39.7 Å². The molecule has 8 heteroatoms. The van der Waals surface area contributed by atoms with Gasteiger partial charge in [-0.25, -0.2) is 9.97 Å². The molecule has 2 atom stereocenters. The number of hydrogen-bond donors (Lipinski definition) is 1. The number of morpholine rings is 2. The van der Waals surface area contributed by atoms with E-state index < -0.39 is 0 Å². The van der Waals surface area contributed by atoms with Crippen molar-refractivity contribution in [2.24, 2.45) is 0 Å². The molecule has 4 rings (SSSR count). The minimum Gasteiger partial charge on any atom is -0.379 e. The number of nitrogens with one attached hydrogen (secondary N) is 1. The van der Waals surface area contributed by atoms with Crippen LogP contribution in [0.1, 0.15) is 36.5 Å². The Hall–Kier alpha value is -1.32. The van der Waals surface area contributed by atoms with E-state index in [0.29, 0.717) is 12.2 Å². The largest absolute Gasteiger partial charge is 0.379 e. The van der Waals surface area contributed by atoms with Crippen molar-refractivity contribution in [3.63, 3.8) is 0 Å². The molecule has 0 aliphatic carbocycles. The van der Waals surface area contributed by atoms with Crippen LogP contribution < -0.4 is 5.32 Å².